The summed E-state index contributed by atoms with van der Waals surface area (Å²) in [6.45, 7) is 5.32. The normalized spacial score (nSPS) is 16.9. The number of nitrogens with two attached hydrogens (primary N) is 1. The Morgan fingerprint density at radius 1 is 1.20 bits per heavy atom. The Morgan fingerprint density at radius 2 is 1.92 bits per heavy atom. The van der Waals surface area contributed by atoms with Crippen LogP contribution in [0.3, 0.4) is 0 Å². The van der Waals surface area contributed by atoms with Crippen LogP contribution in [0.1, 0.15) is 6.92 Å². The van der Waals surface area contributed by atoms with Crippen molar-refractivity contribution in [3.63, 3.8) is 0 Å². The average molecular weight is 383 g/mol. The second-order valence-corrected chi connectivity index (χ2v) is 6.79. The molecular formula is C16H20Cl2N6O. The van der Waals surface area contributed by atoms with Crippen LogP contribution in [-0.2, 0) is 0 Å². The molecule has 25 heavy (non-hydrogen) atoms. The molecule has 3 N–H and O–H groups in total. The molecule has 9 heteroatoms. The molecule has 0 amide bonds. The molecule has 1 aromatic heterocycles. The van der Waals surface area contributed by atoms with E-state index in [9.17, 15) is 5.11 Å². The van der Waals surface area contributed by atoms with Crippen LogP contribution in [0.5, 0.6) is 0 Å². The van der Waals surface area contributed by atoms with Gasteiger partial charge in [-0.3, -0.25) is 4.90 Å². The number of piperazine rings is 1. The van der Waals surface area contributed by atoms with E-state index in [0.717, 1.165) is 26.2 Å². The second-order valence-electron chi connectivity index (χ2n) is 6.00. The number of hydrogen-bond acceptors (Lipinski definition) is 7. The topological polar surface area (TPSA) is 91.4 Å². The Balaban J connectivity index is 1.78. The molecule has 0 radical (unpaired) electrons. The number of rotatable bonds is 4. The fourth-order valence-electron chi connectivity index (χ4n) is 2.82. The number of anilines is 2. The lowest BCUT2D eigenvalue weighted by Crippen LogP contribution is -2.51. The predicted octanol–water partition coefficient (Wildman–Crippen LogP) is 1.93. The van der Waals surface area contributed by atoms with Crippen molar-refractivity contribution in [3.05, 3.63) is 28.2 Å². The monoisotopic (exact) mass is 382 g/mol. The summed E-state index contributed by atoms with van der Waals surface area (Å²) in [5.74, 6) is 0.760. The van der Waals surface area contributed by atoms with Crippen molar-refractivity contribution in [1.29, 1.82) is 0 Å². The Labute approximate surface area is 156 Å². The van der Waals surface area contributed by atoms with E-state index < -0.39 is 0 Å². The second kappa shape index (κ2) is 7.70. The van der Waals surface area contributed by atoms with Gasteiger partial charge in [0.2, 0.25) is 5.95 Å². The first-order chi connectivity index (χ1) is 12.0. The van der Waals surface area contributed by atoms with Gasteiger partial charge in [0.25, 0.3) is 0 Å². The quantitative estimate of drug-likeness (QED) is 0.834. The Kier molecular flexibility index (Phi) is 5.58. The van der Waals surface area contributed by atoms with Crippen LogP contribution < -0.4 is 10.6 Å². The molecule has 1 unspecified atom stereocenters. The average Bonchev–Trinajstić information content (AvgIpc) is 2.64. The van der Waals surface area contributed by atoms with Crippen LogP contribution in [0.25, 0.3) is 11.3 Å². The van der Waals surface area contributed by atoms with Crippen LogP contribution in [-0.4, -0.2) is 64.0 Å². The number of aliphatic hydroxyl groups excluding tert-OH is 1. The predicted molar refractivity (Wildman–Crippen MR) is 100 cm³/mol. The van der Waals surface area contributed by atoms with E-state index in [1.807, 2.05) is 11.8 Å². The summed E-state index contributed by atoms with van der Waals surface area (Å²) in [4.78, 5) is 8.66. The Hall–Kier alpha value is -1.67. The van der Waals surface area contributed by atoms with Gasteiger partial charge in [0, 0.05) is 37.8 Å². The van der Waals surface area contributed by atoms with Crippen molar-refractivity contribution in [2.75, 3.05) is 43.4 Å². The first kappa shape index (κ1) is 18.1. The van der Waals surface area contributed by atoms with Gasteiger partial charge in [-0.25, -0.2) is 0 Å². The van der Waals surface area contributed by atoms with Crippen molar-refractivity contribution >= 4 is 35.0 Å². The summed E-state index contributed by atoms with van der Waals surface area (Å²) < 4.78 is 0. The molecule has 1 aromatic carbocycles. The molecule has 3 rings (SSSR count). The van der Waals surface area contributed by atoms with Gasteiger partial charge in [0.15, 0.2) is 5.82 Å². The van der Waals surface area contributed by atoms with Crippen LogP contribution in [0.4, 0.5) is 11.8 Å². The number of aromatic nitrogens is 3. The molecule has 1 fully saturated rings. The summed E-state index contributed by atoms with van der Waals surface area (Å²) in [6, 6.07) is 5.41. The van der Waals surface area contributed by atoms with Crippen molar-refractivity contribution < 1.29 is 5.11 Å². The SMILES string of the molecule is CC(CO)N1CCN(c2nnc(-c3cccc(Cl)c3Cl)c(N)n2)CC1. The summed E-state index contributed by atoms with van der Waals surface area (Å²) in [6.07, 6.45) is 0. The van der Waals surface area contributed by atoms with Crippen LogP contribution >= 0.6 is 23.2 Å². The largest absolute Gasteiger partial charge is 0.395 e. The van der Waals surface area contributed by atoms with E-state index in [1.54, 1.807) is 18.2 Å². The van der Waals surface area contributed by atoms with Gasteiger partial charge in [-0.2, -0.15) is 4.98 Å². The van der Waals surface area contributed by atoms with Gasteiger partial charge >= 0.3 is 0 Å². The zero-order valence-corrected chi connectivity index (χ0v) is 15.4. The lowest BCUT2D eigenvalue weighted by Gasteiger charge is -2.37. The number of halogens is 2. The Morgan fingerprint density at radius 3 is 2.56 bits per heavy atom. The lowest BCUT2D eigenvalue weighted by molar-refractivity contribution is 0.128. The van der Waals surface area contributed by atoms with Gasteiger partial charge < -0.3 is 15.7 Å². The van der Waals surface area contributed by atoms with E-state index in [0.29, 0.717) is 27.3 Å². The van der Waals surface area contributed by atoms with E-state index in [1.165, 1.54) is 0 Å². The van der Waals surface area contributed by atoms with Gasteiger partial charge in [-0.15, -0.1) is 10.2 Å². The minimum Gasteiger partial charge on any atom is -0.395 e. The van der Waals surface area contributed by atoms with Gasteiger partial charge in [-0.1, -0.05) is 35.3 Å². The molecular weight excluding hydrogens is 363 g/mol. The minimum atomic E-state index is 0.151. The zero-order chi connectivity index (χ0) is 18.0. The van der Waals surface area contributed by atoms with E-state index in [4.69, 9.17) is 28.9 Å². The molecule has 2 heterocycles. The molecule has 1 aliphatic heterocycles. The number of nitrogens with zero attached hydrogens (tertiary/aromatic N) is 5. The van der Waals surface area contributed by atoms with Crippen LogP contribution in [0.2, 0.25) is 10.0 Å². The molecule has 0 aliphatic carbocycles. The number of aliphatic hydroxyl groups is 1. The van der Waals surface area contributed by atoms with Crippen molar-refractivity contribution in [1.82, 2.24) is 20.1 Å². The van der Waals surface area contributed by atoms with Crippen molar-refractivity contribution in [2.24, 2.45) is 0 Å². The van der Waals surface area contributed by atoms with Gasteiger partial charge in [0.1, 0.15) is 5.69 Å². The first-order valence-corrected chi connectivity index (χ1v) is 8.81. The van der Waals surface area contributed by atoms with E-state index in [2.05, 4.69) is 20.1 Å². The molecule has 134 valence electrons. The molecule has 1 saturated heterocycles. The maximum absolute atomic E-state index is 9.26. The highest BCUT2D eigenvalue weighted by Crippen LogP contribution is 2.34. The highest BCUT2D eigenvalue weighted by molar-refractivity contribution is 6.43. The summed E-state index contributed by atoms with van der Waals surface area (Å²) in [5.41, 5.74) is 7.12. The third kappa shape index (κ3) is 3.79. The summed E-state index contributed by atoms with van der Waals surface area (Å²) in [5, 5.41) is 18.5. The highest BCUT2D eigenvalue weighted by atomic mass is 35.5. The molecule has 7 nitrogen and oxygen atoms in total. The standard InChI is InChI=1S/C16H20Cl2N6O/c1-10(9-25)23-5-7-24(8-6-23)16-20-15(19)14(21-22-16)11-3-2-4-12(17)13(11)18/h2-4,10,25H,5-9H2,1H3,(H2,19,20,22). The van der Waals surface area contributed by atoms with E-state index in [-0.39, 0.29) is 18.5 Å². The third-order valence-electron chi connectivity index (χ3n) is 4.39. The molecule has 0 bridgehead atoms. The first-order valence-electron chi connectivity index (χ1n) is 8.05. The van der Waals surface area contributed by atoms with Crippen LogP contribution in [0.15, 0.2) is 18.2 Å². The molecule has 2 aromatic rings. The van der Waals surface area contributed by atoms with Crippen LogP contribution in [0, 0.1) is 0 Å². The smallest absolute Gasteiger partial charge is 0.247 e. The fraction of sp³-hybridized carbons (Fsp3) is 0.438. The molecule has 1 aliphatic rings. The molecule has 0 spiro atoms. The molecule has 1 atom stereocenters. The zero-order valence-electron chi connectivity index (χ0n) is 13.9. The van der Waals surface area contributed by atoms with Crippen molar-refractivity contribution in [2.45, 2.75) is 13.0 Å². The third-order valence-corrected chi connectivity index (χ3v) is 5.21. The number of benzene rings is 1. The lowest BCUT2D eigenvalue weighted by atomic mass is 10.1. The van der Waals surface area contributed by atoms with Gasteiger partial charge in [0.05, 0.1) is 16.7 Å². The number of hydrogen-bond donors (Lipinski definition) is 2. The number of nitrogen functional groups attached to an aromatic ring is 1. The molecule has 0 saturated carbocycles. The maximum atomic E-state index is 9.26. The fourth-order valence-corrected chi connectivity index (χ4v) is 3.21. The summed E-state index contributed by atoms with van der Waals surface area (Å²) in [7, 11) is 0. The summed E-state index contributed by atoms with van der Waals surface area (Å²) >= 11 is 12.3. The highest BCUT2D eigenvalue weighted by Gasteiger charge is 2.23. The van der Waals surface area contributed by atoms with E-state index >= 15 is 0 Å². The Bertz CT molecular complexity index is 751. The minimum absolute atomic E-state index is 0.151. The van der Waals surface area contributed by atoms with Gasteiger partial charge in [-0.05, 0) is 13.0 Å². The maximum Gasteiger partial charge on any atom is 0.247 e. The van der Waals surface area contributed by atoms with Crippen molar-refractivity contribution in [3.8, 4) is 11.3 Å².